The molecular formula is C20H31N3O3S2. The van der Waals surface area contributed by atoms with E-state index in [9.17, 15) is 14.4 Å². The van der Waals surface area contributed by atoms with E-state index in [-0.39, 0.29) is 29.6 Å². The number of Topliss-reactive ketones (excluding diaryl/α,β-unsaturated/α-hetero) is 1. The summed E-state index contributed by atoms with van der Waals surface area (Å²) in [6.45, 7) is 5.13. The zero-order chi connectivity index (χ0) is 21.1. The lowest BCUT2D eigenvalue weighted by Crippen LogP contribution is -2.43. The molecule has 1 aromatic carbocycles. The first kappa shape index (κ1) is 24.5. The summed E-state index contributed by atoms with van der Waals surface area (Å²) >= 11 is 3.29. The molecule has 0 aliphatic rings. The molecule has 0 bridgehead atoms. The van der Waals surface area contributed by atoms with Gasteiger partial charge in [-0.1, -0.05) is 38.1 Å². The van der Waals surface area contributed by atoms with E-state index >= 15 is 0 Å². The lowest BCUT2D eigenvalue weighted by molar-refractivity contribution is -0.128. The number of nitrogens with two attached hydrogens (primary N) is 1. The van der Waals surface area contributed by atoms with Gasteiger partial charge in [0.05, 0.1) is 12.1 Å². The molecule has 2 atom stereocenters. The van der Waals surface area contributed by atoms with E-state index in [1.165, 1.54) is 18.1 Å². The largest absolute Gasteiger partial charge is 0.368 e. The summed E-state index contributed by atoms with van der Waals surface area (Å²) in [5.74, 6) is 2.08. The number of hydrogen-bond acceptors (Lipinski definition) is 6. The number of nitrogens with one attached hydrogen (secondary N) is 2. The Labute approximate surface area is 176 Å². The Morgan fingerprint density at radius 1 is 1.00 bits per heavy atom. The van der Waals surface area contributed by atoms with Crippen molar-refractivity contribution in [1.82, 2.24) is 10.6 Å². The predicted octanol–water partition coefficient (Wildman–Crippen LogP) is 1.96. The van der Waals surface area contributed by atoms with Crippen molar-refractivity contribution >= 4 is 41.1 Å². The quantitative estimate of drug-likeness (QED) is 0.447. The van der Waals surface area contributed by atoms with Crippen molar-refractivity contribution in [3.63, 3.8) is 0 Å². The number of benzene rings is 1. The molecule has 1 aromatic rings. The molecule has 8 heteroatoms. The van der Waals surface area contributed by atoms with Crippen molar-refractivity contribution in [2.75, 3.05) is 18.6 Å². The fourth-order valence-electron chi connectivity index (χ4n) is 2.56. The second-order valence-corrected chi connectivity index (χ2v) is 8.91. The van der Waals surface area contributed by atoms with Crippen LogP contribution in [-0.2, 0) is 25.9 Å². The van der Waals surface area contributed by atoms with E-state index in [0.717, 1.165) is 11.5 Å². The van der Waals surface area contributed by atoms with Gasteiger partial charge in [-0.25, -0.2) is 0 Å². The van der Waals surface area contributed by atoms with Gasteiger partial charge in [0.2, 0.25) is 11.8 Å². The lowest BCUT2D eigenvalue weighted by atomic mass is 10.0. The number of hydrogen-bond donors (Lipinski definition) is 3. The van der Waals surface area contributed by atoms with Crippen LogP contribution in [-0.4, -0.2) is 48.2 Å². The number of carbonyl (C=O) groups excluding carboxylic acids is 3. The minimum absolute atomic E-state index is 0.0519. The minimum Gasteiger partial charge on any atom is -0.368 e. The van der Waals surface area contributed by atoms with Crippen LogP contribution in [0.2, 0.25) is 0 Å². The van der Waals surface area contributed by atoms with Crippen molar-refractivity contribution in [2.45, 2.75) is 44.4 Å². The SMILES string of the molecule is CNC(CSCc1ccccc1CSCC(NC(C)=O)C(=O)C(C)C)C(N)=O. The van der Waals surface area contributed by atoms with Crippen LogP contribution < -0.4 is 16.4 Å². The van der Waals surface area contributed by atoms with Gasteiger partial charge in [0, 0.05) is 35.9 Å². The van der Waals surface area contributed by atoms with Gasteiger partial charge >= 0.3 is 0 Å². The van der Waals surface area contributed by atoms with Crippen molar-refractivity contribution in [3.8, 4) is 0 Å². The molecule has 0 saturated carbocycles. The molecule has 2 unspecified atom stereocenters. The molecule has 156 valence electrons. The molecule has 0 heterocycles. The van der Waals surface area contributed by atoms with Crippen molar-refractivity contribution < 1.29 is 14.4 Å². The molecule has 0 saturated heterocycles. The minimum atomic E-state index is -0.462. The second kappa shape index (κ2) is 12.9. The van der Waals surface area contributed by atoms with Crippen molar-refractivity contribution in [3.05, 3.63) is 35.4 Å². The number of rotatable bonds is 13. The summed E-state index contributed by atoms with van der Waals surface area (Å²) in [6.07, 6.45) is 0. The third-order valence-corrected chi connectivity index (χ3v) is 6.35. The molecule has 28 heavy (non-hydrogen) atoms. The van der Waals surface area contributed by atoms with Gasteiger partial charge in [-0.05, 0) is 18.2 Å². The van der Waals surface area contributed by atoms with E-state index in [2.05, 4.69) is 22.8 Å². The summed E-state index contributed by atoms with van der Waals surface area (Å²) in [5, 5.41) is 5.68. The summed E-state index contributed by atoms with van der Waals surface area (Å²) in [5.41, 5.74) is 7.75. The molecule has 1 rings (SSSR count). The Morgan fingerprint density at radius 3 is 1.89 bits per heavy atom. The molecule has 0 aliphatic heterocycles. The van der Waals surface area contributed by atoms with Crippen LogP contribution in [0.25, 0.3) is 0 Å². The van der Waals surface area contributed by atoms with Gasteiger partial charge in [-0.2, -0.15) is 23.5 Å². The first-order valence-electron chi connectivity index (χ1n) is 9.25. The number of likely N-dealkylation sites (N-methyl/N-ethyl adjacent to an activating group) is 1. The molecule has 2 amide bonds. The van der Waals surface area contributed by atoms with E-state index in [0.29, 0.717) is 11.5 Å². The Hall–Kier alpha value is -1.51. The van der Waals surface area contributed by atoms with E-state index in [1.54, 1.807) is 30.6 Å². The summed E-state index contributed by atoms with van der Waals surface area (Å²) in [6, 6.07) is 7.34. The zero-order valence-electron chi connectivity index (χ0n) is 17.0. The molecule has 0 aliphatic carbocycles. The number of ketones is 1. The van der Waals surface area contributed by atoms with Crippen LogP contribution >= 0.6 is 23.5 Å². The van der Waals surface area contributed by atoms with Crippen LogP contribution in [0.4, 0.5) is 0 Å². The molecule has 4 N–H and O–H groups in total. The van der Waals surface area contributed by atoms with Gasteiger partial charge in [0.1, 0.15) is 0 Å². The van der Waals surface area contributed by atoms with Crippen LogP contribution in [0.1, 0.15) is 31.9 Å². The third-order valence-electron chi connectivity index (χ3n) is 4.18. The maximum Gasteiger partial charge on any atom is 0.235 e. The Balaban J connectivity index is 2.63. The van der Waals surface area contributed by atoms with Crippen LogP contribution in [0.5, 0.6) is 0 Å². The van der Waals surface area contributed by atoms with Crippen LogP contribution in [0.15, 0.2) is 24.3 Å². The van der Waals surface area contributed by atoms with Crippen molar-refractivity contribution in [2.24, 2.45) is 11.7 Å². The number of thioether (sulfide) groups is 2. The number of carbonyl (C=O) groups is 3. The van der Waals surface area contributed by atoms with Gasteiger partial charge < -0.3 is 16.4 Å². The molecular weight excluding hydrogens is 394 g/mol. The smallest absolute Gasteiger partial charge is 0.235 e. The first-order chi connectivity index (χ1) is 13.3. The maximum atomic E-state index is 12.3. The lowest BCUT2D eigenvalue weighted by Gasteiger charge is -2.19. The normalized spacial score (nSPS) is 13.2. The monoisotopic (exact) mass is 425 g/mol. The highest BCUT2D eigenvalue weighted by Crippen LogP contribution is 2.22. The van der Waals surface area contributed by atoms with Crippen molar-refractivity contribution in [1.29, 1.82) is 0 Å². The standard InChI is InChI=1S/C20H31N3O3S2/c1-13(2)19(25)17(23-14(3)24)11-27-9-15-7-5-6-8-16(15)10-28-12-18(22-4)20(21)26/h5-8,13,17-18,22H,9-12H2,1-4H3,(H2,21,26)(H,23,24). The number of primary amides is 1. The zero-order valence-corrected chi connectivity index (χ0v) is 18.6. The molecule has 0 spiro atoms. The Morgan fingerprint density at radius 2 is 1.50 bits per heavy atom. The maximum absolute atomic E-state index is 12.3. The average molecular weight is 426 g/mol. The van der Waals surface area contributed by atoms with Gasteiger partial charge in [0.25, 0.3) is 0 Å². The Bertz CT molecular complexity index is 668. The van der Waals surface area contributed by atoms with E-state index < -0.39 is 6.04 Å². The van der Waals surface area contributed by atoms with E-state index in [4.69, 9.17) is 5.73 Å². The fourth-order valence-corrected chi connectivity index (χ4v) is 4.85. The Kier molecular flexibility index (Phi) is 11.3. The average Bonchev–Trinajstić information content (AvgIpc) is 2.64. The van der Waals surface area contributed by atoms with Crippen LogP contribution in [0, 0.1) is 5.92 Å². The first-order valence-corrected chi connectivity index (χ1v) is 11.6. The predicted molar refractivity (Wildman–Crippen MR) is 118 cm³/mol. The fraction of sp³-hybridized carbons (Fsp3) is 0.550. The highest BCUT2D eigenvalue weighted by atomic mass is 32.2. The molecule has 0 aromatic heterocycles. The number of amides is 2. The molecule has 0 radical (unpaired) electrons. The molecule has 0 fully saturated rings. The summed E-state index contributed by atoms with van der Waals surface area (Å²) in [7, 11) is 1.73. The van der Waals surface area contributed by atoms with Gasteiger partial charge in [-0.15, -0.1) is 0 Å². The third kappa shape index (κ3) is 8.67. The second-order valence-electron chi connectivity index (χ2n) is 6.85. The highest BCUT2D eigenvalue weighted by Gasteiger charge is 2.22. The summed E-state index contributed by atoms with van der Waals surface area (Å²) in [4.78, 5) is 35.0. The van der Waals surface area contributed by atoms with Gasteiger partial charge in [0.15, 0.2) is 5.78 Å². The van der Waals surface area contributed by atoms with Crippen LogP contribution in [0.3, 0.4) is 0 Å². The topological polar surface area (TPSA) is 101 Å². The summed E-state index contributed by atoms with van der Waals surface area (Å²) < 4.78 is 0. The van der Waals surface area contributed by atoms with Gasteiger partial charge in [-0.3, -0.25) is 14.4 Å². The highest BCUT2D eigenvalue weighted by molar-refractivity contribution is 7.98. The molecule has 6 nitrogen and oxygen atoms in total. The van der Waals surface area contributed by atoms with E-state index in [1.807, 2.05) is 26.0 Å².